The minimum atomic E-state index is -1.49. The molecular formula is C32H41F2N5O2. The van der Waals surface area contributed by atoms with Crippen LogP contribution < -0.4 is 10.1 Å². The highest BCUT2D eigenvalue weighted by molar-refractivity contribution is 6.11. The lowest BCUT2D eigenvalue weighted by Crippen LogP contribution is -2.40. The summed E-state index contributed by atoms with van der Waals surface area (Å²) in [5, 5.41) is 2.86. The first-order valence-electron chi connectivity index (χ1n) is 14.4. The summed E-state index contributed by atoms with van der Waals surface area (Å²) >= 11 is 0. The SMILES string of the molecule is C/C=C(\C=NC(C)c1cnc2cc(OC)c(C3(F)CCN(CC)CC3)cn12)c1cc(C(=O)NC2CC2)c(F)cc1C.[HH]. The molecule has 3 aromatic rings. The first-order valence-corrected chi connectivity index (χ1v) is 14.4. The number of imidazole rings is 1. The van der Waals surface area contributed by atoms with Gasteiger partial charge in [-0.05, 0) is 81.8 Å². The van der Waals surface area contributed by atoms with Gasteiger partial charge in [0.15, 0.2) is 0 Å². The van der Waals surface area contributed by atoms with E-state index in [9.17, 15) is 9.18 Å². The molecule has 3 heterocycles. The average molecular weight is 566 g/mol. The molecule has 0 bridgehead atoms. The molecule has 1 atom stereocenters. The van der Waals surface area contributed by atoms with Crippen LogP contribution >= 0.6 is 0 Å². The number of alkyl halides is 1. The Hall–Kier alpha value is -3.59. The highest BCUT2D eigenvalue weighted by atomic mass is 19.1. The third kappa shape index (κ3) is 5.91. The quantitative estimate of drug-likeness (QED) is 0.303. The Balaban J connectivity index is 0.00000405. The number of carbonyl (C=O) groups excluding carboxylic acids is 1. The van der Waals surface area contributed by atoms with Gasteiger partial charge in [0.25, 0.3) is 5.91 Å². The monoisotopic (exact) mass is 565 g/mol. The van der Waals surface area contributed by atoms with Crippen LogP contribution in [-0.4, -0.2) is 59.2 Å². The number of aliphatic imine (C=N–C) groups is 1. The van der Waals surface area contributed by atoms with E-state index in [2.05, 4.69) is 22.1 Å². The van der Waals surface area contributed by atoms with E-state index >= 15 is 4.39 Å². The van der Waals surface area contributed by atoms with E-state index in [0.717, 1.165) is 36.2 Å². The van der Waals surface area contributed by atoms with Gasteiger partial charge in [0.1, 0.15) is 22.9 Å². The molecule has 1 aromatic carbocycles. The number of aryl methyl sites for hydroxylation is 1. The fourth-order valence-electron chi connectivity index (χ4n) is 5.55. The fraction of sp³-hybridized carbons (Fsp3) is 0.469. The van der Waals surface area contributed by atoms with E-state index in [1.807, 2.05) is 37.4 Å². The zero-order valence-corrected chi connectivity index (χ0v) is 24.5. The Labute approximate surface area is 241 Å². The Morgan fingerprint density at radius 1 is 1.29 bits per heavy atom. The van der Waals surface area contributed by atoms with Crippen molar-refractivity contribution in [3.8, 4) is 5.75 Å². The molecular weight excluding hydrogens is 524 g/mol. The first-order chi connectivity index (χ1) is 19.7. The van der Waals surface area contributed by atoms with E-state index in [0.29, 0.717) is 48.5 Å². The summed E-state index contributed by atoms with van der Waals surface area (Å²) in [6.07, 6.45) is 9.88. The molecule has 0 radical (unpaired) electrons. The molecule has 9 heteroatoms. The number of likely N-dealkylation sites (tertiary alicyclic amines) is 1. The van der Waals surface area contributed by atoms with Crippen molar-refractivity contribution < 1.29 is 19.7 Å². The second-order valence-electron chi connectivity index (χ2n) is 11.2. The van der Waals surface area contributed by atoms with Crippen molar-refractivity contribution in [2.75, 3.05) is 26.7 Å². The van der Waals surface area contributed by atoms with E-state index in [1.54, 1.807) is 31.7 Å². The van der Waals surface area contributed by atoms with Crippen LogP contribution in [0.5, 0.6) is 5.75 Å². The Bertz CT molecular complexity index is 1510. The fourth-order valence-corrected chi connectivity index (χ4v) is 5.55. The number of aromatic nitrogens is 2. The lowest BCUT2D eigenvalue weighted by atomic mass is 9.86. The van der Waals surface area contributed by atoms with Crippen LogP contribution in [0, 0.1) is 12.7 Å². The van der Waals surface area contributed by atoms with Crippen LogP contribution in [-0.2, 0) is 5.67 Å². The molecule has 2 aromatic heterocycles. The molecule has 1 saturated heterocycles. The number of piperidine rings is 1. The minimum absolute atomic E-state index is 0. The number of pyridine rings is 1. The number of hydrogen-bond acceptors (Lipinski definition) is 5. The van der Waals surface area contributed by atoms with E-state index in [4.69, 9.17) is 9.73 Å². The number of halogens is 2. The van der Waals surface area contributed by atoms with Crippen molar-refractivity contribution in [1.82, 2.24) is 19.6 Å². The summed E-state index contributed by atoms with van der Waals surface area (Å²) in [5.41, 5.74) is 2.78. The standard InChI is InChI=1S/C32H39F2N5O2.H2/c1-6-22(24-15-25(27(33)14-20(24)3)31(40)37-23-8-9-23)17-35-21(4)28-18-36-30-16-29(41-5)26(19-39(28)30)32(34)10-12-38(7-2)13-11-32;/h6,14-19,21,23H,7-13H2,1-5H3,(H,37,40);1H/b22-6+,35-17?;. The van der Waals surface area contributed by atoms with Crippen molar-refractivity contribution in [2.45, 2.75) is 71.1 Å². The van der Waals surface area contributed by atoms with Crippen LogP contribution in [0.25, 0.3) is 11.2 Å². The Kier molecular flexibility index (Phi) is 8.27. The third-order valence-electron chi connectivity index (χ3n) is 8.39. The molecule has 2 fully saturated rings. The largest absolute Gasteiger partial charge is 0.496 e. The second kappa shape index (κ2) is 11.7. The molecule has 1 unspecified atom stereocenters. The number of allylic oxidation sites excluding steroid dienone is 2. The molecule has 2 aliphatic rings. The summed E-state index contributed by atoms with van der Waals surface area (Å²) in [6, 6.07) is 4.62. The zero-order chi connectivity index (χ0) is 29.3. The number of benzene rings is 1. The van der Waals surface area contributed by atoms with Crippen molar-refractivity contribution >= 4 is 23.3 Å². The van der Waals surface area contributed by atoms with E-state index < -0.39 is 17.4 Å². The number of methoxy groups -OCH3 is 1. The van der Waals surface area contributed by atoms with Crippen molar-refractivity contribution in [3.05, 3.63) is 70.4 Å². The molecule has 1 aliphatic heterocycles. The number of nitrogens with zero attached hydrogens (tertiary/aromatic N) is 4. The van der Waals surface area contributed by atoms with Gasteiger partial charge in [-0.3, -0.25) is 9.79 Å². The second-order valence-corrected chi connectivity index (χ2v) is 11.2. The van der Waals surface area contributed by atoms with Gasteiger partial charge in [-0.2, -0.15) is 0 Å². The number of ether oxygens (including phenoxy) is 1. The molecule has 1 saturated carbocycles. The number of rotatable bonds is 9. The smallest absolute Gasteiger partial charge is 0.254 e. The highest BCUT2D eigenvalue weighted by Crippen LogP contribution is 2.42. The number of hydrogen-bond donors (Lipinski definition) is 1. The summed E-state index contributed by atoms with van der Waals surface area (Å²) in [4.78, 5) is 24.2. The molecule has 7 nitrogen and oxygen atoms in total. The van der Waals surface area contributed by atoms with Gasteiger partial charge in [0.2, 0.25) is 0 Å². The zero-order valence-electron chi connectivity index (χ0n) is 24.5. The van der Waals surface area contributed by atoms with Gasteiger partial charge in [0.05, 0.1) is 30.6 Å². The van der Waals surface area contributed by atoms with Gasteiger partial charge in [-0.1, -0.05) is 13.0 Å². The maximum Gasteiger partial charge on any atom is 0.254 e. The minimum Gasteiger partial charge on any atom is -0.496 e. The van der Waals surface area contributed by atoms with Crippen molar-refractivity contribution in [1.29, 1.82) is 0 Å². The predicted octanol–water partition coefficient (Wildman–Crippen LogP) is 6.44. The Morgan fingerprint density at radius 2 is 2.02 bits per heavy atom. The number of amides is 1. The molecule has 220 valence electrons. The van der Waals surface area contributed by atoms with Crippen LogP contribution in [0.2, 0.25) is 0 Å². The lowest BCUT2D eigenvalue weighted by molar-refractivity contribution is 0.0559. The van der Waals surface area contributed by atoms with E-state index in [-0.39, 0.29) is 19.1 Å². The number of carbonyl (C=O) groups is 1. The van der Waals surface area contributed by atoms with Gasteiger partial charge >= 0.3 is 0 Å². The van der Waals surface area contributed by atoms with Crippen LogP contribution in [0.1, 0.15) is 86.7 Å². The van der Waals surface area contributed by atoms with Gasteiger partial charge in [0, 0.05) is 44.6 Å². The van der Waals surface area contributed by atoms with E-state index in [1.165, 1.54) is 6.07 Å². The highest BCUT2D eigenvalue weighted by Gasteiger charge is 2.39. The van der Waals surface area contributed by atoms with Gasteiger partial charge < -0.3 is 19.4 Å². The first kappa shape index (κ1) is 28.9. The van der Waals surface area contributed by atoms with Crippen LogP contribution in [0.3, 0.4) is 0 Å². The molecule has 1 amide bonds. The number of fused-ring (bicyclic) bond motifs is 1. The predicted molar refractivity (Wildman–Crippen MR) is 160 cm³/mol. The summed E-state index contributed by atoms with van der Waals surface area (Å²) in [6.45, 7) is 10.1. The topological polar surface area (TPSA) is 71.2 Å². The third-order valence-corrected chi connectivity index (χ3v) is 8.39. The molecule has 41 heavy (non-hydrogen) atoms. The molecule has 1 aliphatic carbocycles. The normalized spacial score (nSPS) is 18.7. The molecule has 5 rings (SSSR count). The van der Waals surface area contributed by atoms with Crippen LogP contribution in [0.4, 0.5) is 8.78 Å². The van der Waals surface area contributed by atoms with Crippen LogP contribution in [0.15, 0.2) is 41.7 Å². The lowest BCUT2D eigenvalue weighted by Gasteiger charge is -2.36. The van der Waals surface area contributed by atoms with Gasteiger partial charge in [-0.15, -0.1) is 0 Å². The maximum absolute atomic E-state index is 16.3. The molecule has 0 spiro atoms. The van der Waals surface area contributed by atoms with Crippen molar-refractivity contribution in [2.24, 2.45) is 4.99 Å². The van der Waals surface area contributed by atoms with Crippen molar-refractivity contribution in [3.63, 3.8) is 0 Å². The molecule has 1 N–H and O–H groups in total. The van der Waals surface area contributed by atoms with Gasteiger partial charge in [-0.25, -0.2) is 13.8 Å². The maximum atomic E-state index is 16.3. The summed E-state index contributed by atoms with van der Waals surface area (Å²) in [7, 11) is 1.56. The number of nitrogens with one attached hydrogen (secondary N) is 1. The average Bonchev–Trinajstić information content (AvgIpc) is 3.68. The summed E-state index contributed by atoms with van der Waals surface area (Å²) in [5.74, 6) is -0.425. The summed E-state index contributed by atoms with van der Waals surface area (Å²) < 4.78 is 38.5. The Morgan fingerprint density at radius 3 is 2.66 bits per heavy atom.